The molecule has 3 rings (SSSR count). The van der Waals surface area contributed by atoms with Crippen molar-refractivity contribution in [2.75, 3.05) is 18.9 Å². The summed E-state index contributed by atoms with van der Waals surface area (Å²) in [6.07, 6.45) is 0. The monoisotopic (exact) mass is 375 g/mol. The van der Waals surface area contributed by atoms with E-state index in [1.165, 1.54) is 39.7 Å². The number of anilines is 1. The van der Waals surface area contributed by atoms with Crippen LogP contribution in [0.25, 0.3) is 11.3 Å². The number of nitrogens with one attached hydrogen (secondary N) is 1. The summed E-state index contributed by atoms with van der Waals surface area (Å²) in [7, 11) is 1.57. The van der Waals surface area contributed by atoms with Crippen molar-refractivity contribution >= 4 is 39.6 Å². The highest BCUT2D eigenvalue weighted by atomic mass is 32.1. The average molecular weight is 375 g/mol. The second kappa shape index (κ2) is 7.54. The van der Waals surface area contributed by atoms with E-state index < -0.39 is 0 Å². The third-order valence-electron chi connectivity index (χ3n) is 3.33. The summed E-state index contributed by atoms with van der Waals surface area (Å²) in [6.45, 7) is -0.0778. The first-order chi connectivity index (χ1) is 12.0. The highest BCUT2D eigenvalue weighted by molar-refractivity contribution is 7.14. The summed E-state index contributed by atoms with van der Waals surface area (Å²) >= 11 is 2.57. The zero-order valence-corrected chi connectivity index (χ0v) is 14.9. The minimum absolute atomic E-state index is 0.0778. The summed E-state index contributed by atoms with van der Waals surface area (Å²) in [6, 6.07) is 9.60. The highest BCUT2D eigenvalue weighted by Gasteiger charge is 2.16. The molecule has 0 radical (unpaired) electrons. The van der Waals surface area contributed by atoms with Crippen LogP contribution in [0.15, 0.2) is 47.2 Å². The van der Waals surface area contributed by atoms with E-state index in [4.69, 9.17) is 0 Å². The van der Waals surface area contributed by atoms with Crippen molar-refractivity contribution in [1.82, 2.24) is 9.88 Å². The van der Waals surface area contributed by atoms with Crippen LogP contribution in [0.1, 0.15) is 9.67 Å². The first-order valence-corrected chi connectivity index (χ1v) is 9.09. The van der Waals surface area contributed by atoms with Crippen LogP contribution >= 0.6 is 22.7 Å². The Balaban J connectivity index is 1.61. The van der Waals surface area contributed by atoms with Gasteiger partial charge >= 0.3 is 0 Å². The van der Waals surface area contributed by atoms with E-state index >= 15 is 0 Å². The first-order valence-electron chi connectivity index (χ1n) is 7.33. The molecule has 128 valence electrons. The zero-order valence-electron chi connectivity index (χ0n) is 13.2. The Morgan fingerprint density at radius 3 is 2.80 bits per heavy atom. The fourth-order valence-corrected chi connectivity index (χ4v) is 3.60. The SMILES string of the molecule is CN(CC(=O)Nc1nc(-c2cccc(F)c2)cs1)C(=O)c1cccs1. The molecule has 0 saturated heterocycles. The molecule has 0 bridgehead atoms. The van der Waals surface area contributed by atoms with Gasteiger partial charge in [0.25, 0.3) is 5.91 Å². The van der Waals surface area contributed by atoms with Gasteiger partial charge in [0.2, 0.25) is 5.91 Å². The van der Waals surface area contributed by atoms with E-state index in [1.54, 1.807) is 36.7 Å². The van der Waals surface area contributed by atoms with E-state index in [2.05, 4.69) is 10.3 Å². The first kappa shape index (κ1) is 17.2. The van der Waals surface area contributed by atoms with Gasteiger partial charge in [0.15, 0.2) is 5.13 Å². The van der Waals surface area contributed by atoms with Crippen LogP contribution in [-0.4, -0.2) is 35.3 Å². The number of carbonyl (C=O) groups is 2. The van der Waals surface area contributed by atoms with Gasteiger partial charge < -0.3 is 10.2 Å². The predicted octanol–water partition coefficient (Wildman–Crippen LogP) is 3.72. The van der Waals surface area contributed by atoms with Crippen molar-refractivity contribution in [3.05, 3.63) is 57.9 Å². The number of halogens is 1. The molecule has 0 atom stereocenters. The highest BCUT2D eigenvalue weighted by Crippen LogP contribution is 2.25. The Bertz CT molecular complexity index is 893. The maximum Gasteiger partial charge on any atom is 0.264 e. The Kier molecular flexibility index (Phi) is 5.20. The molecule has 2 aromatic heterocycles. The topological polar surface area (TPSA) is 62.3 Å². The Morgan fingerprint density at radius 2 is 2.08 bits per heavy atom. The minimum Gasteiger partial charge on any atom is -0.332 e. The van der Waals surface area contributed by atoms with Gasteiger partial charge in [-0.05, 0) is 23.6 Å². The Labute approximate surface area is 151 Å². The average Bonchev–Trinajstić information content (AvgIpc) is 3.25. The minimum atomic E-state index is -0.343. The number of rotatable bonds is 5. The largest absolute Gasteiger partial charge is 0.332 e. The number of hydrogen-bond donors (Lipinski definition) is 1. The molecule has 2 heterocycles. The van der Waals surface area contributed by atoms with Gasteiger partial charge in [0, 0.05) is 18.0 Å². The van der Waals surface area contributed by atoms with Gasteiger partial charge in [0.1, 0.15) is 5.82 Å². The molecule has 0 fully saturated rings. The number of benzene rings is 1. The van der Waals surface area contributed by atoms with Crippen LogP contribution < -0.4 is 5.32 Å². The smallest absolute Gasteiger partial charge is 0.264 e. The van der Waals surface area contributed by atoms with Crippen LogP contribution in [0.2, 0.25) is 0 Å². The molecule has 1 aromatic carbocycles. The second-order valence-corrected chi connectivity index (χ2v) is 7.04. The fourth-order valence-electron chi connectivity index (χ4n) is 2.15. The number of thiophene rings is 1. The molecule has 0 aliphatic heterocycles. The van der Waals surface area contributed by atoms with Gasteiger partial charge in [-0.2, -0.15) is 0 Å². The summed E-state index contributed by atoms with van der Waals surface area (Å²) in [5.74, 6) is -0.887. The van der Waals surface area contributed by atoms with Gasteiger partial charge in [0.05, 0.1) is 17.1 Å². The summed E-state index contributed by atoms with van der Waals surface area (Å²) in [5.41, 5.74) is 1.23. The molecule has 25 heavy (non-hydrogen) atoms. The Morgan fingerprint density at radius 1 is 1.24 bits per heavy atom. The van der Waals surface area contributed by atoms with E-state index in [9.17, 15) is 14.0 Å². The van der Waals surface area contributed by atoms with Crippen molar-refractivity contribution in [2.45, 2.75) is 0 Å². The van der Waals surface area contributed by atoms with E-state index in [0.29, 0.717) is 21.3 Å². The molecular formula is C17H14FN3O2S2. The lowest BCUT2D eigenvalue weighted by Gasteiger charge is -2.15. The van der Waals surface area contributed by atoms with Crippen LogP contribution in [-0.2, 0) is 4.79 Å². The number of nitrogens with zero attached hydrogens (tertiary/aromatic N) is 2. The molecule has 1 N–H and O–H groups in total. The molecule has 2 amide bonds. The lowest BCUT2D eigenvalue weighted by molar-refractivity contribution is -0.116. The third-order valence-corrected chi connectivity index (χ3v) is 4.95. The van der Waals surface area contributed by atoms with Crippen LogP contribution in [0.3, 0.4) is 0 Å². The summed E-state index contributed by atoms with van der Waals surface area (Å²) in [5, 5.41) is 6.62. The zero-order chi connectivity index (χ0) is 17.8. The molecule has 0 saturated carbocycles. The molecular weight excluding hydrogens is 361 g/mol. The molecule has 0 unspecified atom stereocenters. The standard InChI is InChI=1S/C17H14FN3O2S2/c1-21(16(23)14-6-3-7-24-14)9-15(22)20-17-19-13(10-25-17)11-4-2-5-12(18)8-11/h2-8,10H,9H2,1H3,(H,19,20,22). The van der Waals surface area contributed by atoms with Crippen molar-refractivity contribution in [3.63, 3.8) is 0 Å². The third kappa shape index (κ3) is 4.28. The fraction of sp³-hybridized carbons (Fsp3) is 0.118. The van der Waals surface area contributed by atoms with E-state index in [0.717, 1.165) is 0 Å². The predicted molar refractivity (Wildman–Crippen MR) is 97.4 cm³/mol. The van der Waals surface area contributed by atoms with Crippen molar-refractivity contribution < 1.29 is 14.0 Å². The van der Waals surface area contributed by atoms with Gasteiger partial charge in [-0.1, -0.05) is 18.2 Å². The number of thiazole rings is 1. The van der Waals surface area contributed by atoms with Crippen molar-refractivity contribution in [3.8, 4) is 11.3 Å². The van der Waals surface area contributed by atoms with Crippen molar-refractivity contribution in [1.29, 1.82) is 0 Å². The summed E-state index contributed by atoms with van der Waals surface area (Å²) in [4.78, 5) is 30.4. The molecule has 0 aliphatic carbocycles. The molecule has 3 aromatic rings. The second-order valence-electron chi connectivity index (χ2n) is 5.23. The van der Waals surface area contributed by atoms with E-state index in [1.807, 2.05) is 5.38 Å². The van der Waals surface area contributed by atoms with Gasteiger partial charge in [-0.25, -0.2) is 9.37 Å². The maximum absolute atomic E-state index is 13.3. The van der Waals surface area contributed by atoms with Crippen LogP contribution in [0.5, 0.6) is 0 Å². The number of likely N-dealkylation sites (N-methyl/N-ethyl adjacent to an activating group) is 1. The van der Waals surface area contributed by atoms with Gasteiger partial charge in [-0.15, -0.1) is 22.7 Å². The number of amides is 2. The Hall–Kier alpha value is -2.58. The van der Waals surface area contributed by atoms with Crippen LogP contribution in [0, 0.1) is 5.82 Å². The maximum atomic E-state index is 13.3. The number of hydrogen-bond acceptors (Lipinski definition) is 5. The summed E-state index contributed by atoms with van der Waals surface area (Å²) < 4.78 is 13.3. The molecule has 0 aliphatic rings. The van der Waals surface area contributed by atoms with Gasteiger partial charge in [-0.3, -0.25) is 9.59 Å². The molecule has 8 heteroatoms. The molecule has 0 spiro atoms. The van der Waals surface area contributed by atoms with E-state index in [-0.39, 0.29) is 24.2 Å². The van der Waals surface area contributed by atoms with Crippen LogP contribution in [0.4, 0.5) is 9.52 Å². The van der Waals surface area contributed by atoms with Crippen molar-refractivity contribution in [2.24, 2.45) is 0 Å². The molecule has 5 nitrogen and oxygen atoms in total. The lowest BCUT2D eigenvalue weighted by atomic mass is 10.2. The number of carbonyl (C=O) groups excluding carboxylic acids is 2. The number of aromatic nitrogens is 1. The normalized spacial score (nSPS) is 10.5. The quantitative estimate of drug-likeness (QED) is 0.739. The lowest BCUT2D eigenvalue weighted by Crippen LogP contribution is -2.34.